The van der Waals surface area contributed by atoms with E-state index in [9.17, 15) is 18.4 Å². The van der Waals surface area contributed by atoms with Gasteiger partial charge >= 0.3 is 6.18 Å². The van der Waals surface area contributed by atoms with Crippen molar-refractivity contribution in [1.29, 1.82) is 5.26 Å². The molecule has 4 aromatic rings. The number of nitrogens with zero attached hydrogens (tertiary/aromatic N) is 2. The lowest BCUT2D eigenvalue weighted by atomic mass is 10.1. The molecule has 0 atom stereocenters. The van der Waals surface area contributed by atoms with E-state index in [0.29, 0.717) is 22.2 Å². The largest absolute Gasteiger partial charge is 0.416 e. The van der Waals surface area contributed by atoms with Crippen molar-refractivity contribution in [3.05, 3.63) is 77.9 Å². The molecule has 0 spiro atoms. The number of hydrogen-bond donors (Lipinski definition) is 0. The first-order valence-corrected chi connectivity index (χ1v) is 7.60. The number of benzene rings is 3. The van der Waals surface area contributed by atoms with Gasteiger partial charge in [-0.2, -0.15) is 18.4 Å². The lowest BCUT2D eigenvalue weighted by Crippen LogP contribution is -2.04. The van der Waals surface area contributed by atoms with E-state index >= 15 is 0 Å². The zero-order chi connectivity index (χ0) is 17.6. The van der Waals surface area contributed by atoms with Gasteiger partial charge in [0.1, 0.15) is 6.07 Å². The minimum absolute atomic E-state index is 0.463. The Balaban J connectivity index is 2.16. The maximum atomic E-state index is 13.1. The van der Waals surface area contributed by atoms with Crippen molar-refractivity contribution in [2.24, 2.45) is 0 Å². The zero-order valence-electron chi connectivity index (χ0n) is 12.9. The number of rotatable bonds is 1. The first kappa shape index (κ1) is 15.3. The van der Waals surface area contributed by atoms with Crippen LogP contribution in [0.5, 0.6) is 0 Å². The minimum atomic E-state index is -4.40. The molecular formula is C20H11F3N2. The summed E-state index contributed by atoms with van der Waals surface area (Å²) in [6.45, 7) is 0. The lowest BCUT2D eigenvalue weighted by molar-refractivity contribution is -0.137. The standard InChI is InChI=1S/C20H11F3N2/c21-20(22,23)14-9-10-19-16(11-14)15-6-2-4-8-18(15)25(19)17-7-3-1-5-13(17)12-24/h1-11H. The second-order valence-electron chi connectivity index (χ2n) is 5.71. The number of hydrogen-bond acceptors (Lipinski definition) is 1. The summed E-state index contributed by atoms with van der Waals surface area (Å²) >= 11 is 0. The van der Waals surface area contributed by atoms with Crippen LogP contribution in [0.4, 0.5) is 13.2 Å². The molecule has 0 amide bonds. The Morgan fingerprint density at radius 3 is 2.24 bits per heavy atom. The molecule has 0 N–H and O–H groups in total. The predicted molar refractivity (Wildman–Crippen MR) is 90.5 cm³/mol. The Bertz CT molecular complexity index is 1150. The van der Waals surface area contributed by atoms with Crippen LogP contribution in [0.2, 0.25) is 0 Å². The first-order chi connectivity index (χ1) is 12.0. The molecule has 0 aliphatic carbocycles. The second kappa shape index (κ2) is 5.38. The summed E-state index contributed by atoms with van der Waals surface area (Å²) in [5.74, 6) is 0. The molecule has 0 fully saturated rings. The van der Waals surface area contributed by atoms with E-state index in [-0.39, 0.29) is 0 Å². The van der Waals surface area contributed by atoms with Gasteiger partial charge in [0.15, 0.2) is 0 Å². The van der Waals surface area contributed by atoms with Gasteiger partial charge in [-0.05, 0) is 36.4 Å². The fourth-order valence-electron chi connectivity index (χ4n) is 3.17. The molecule has 0 aliphatic rings. The van der Waals surface area contributed by atoms with Crippen LogP contribution in [0.3, 0.4) is 0 Å². The van der Waals surface area contributed by atoms with E-state index in [2.05, 4.69) is 6.07 Å². The second-order valence-corrected chi connectivity index (χ2v) is 5.71. The summed E-state index contributed by atoms with van der Waals surface area (Å²) in [5, 5.41) is 10.6. The molecule has 0 saturated carbocycles. The van der Waals surface area contributed by atoms with Gasteiger partial charge in [0.2, 0.25) is 0 Å². The van der Waals surface area contributed by atoms with Gasteiger partial charge in [-0.25, -0.2) is 0 Å². The van der Waals surface area contributed by atoms with Gasteiger partial charge in [0.05, 0.1) is 27.8 Å². The molecule has 25 heavy (non-hydrogen) atoms. The third-order valence-corrected chi connectivity index (χ3v) is 4.27. The summed E-state index contributed by atoms with van der Waals surface area (Å²) in [6, 6.07) is 20.2. The summed E-state index contributed by atoms with van der Waals surface area (Å²) < 4.78 is 41.2. The number of nitriles is 1. The highest BCUT2D eigenvalue weighted by molar-refractivity contribution is 6.09. The van der Waals surface area contributed by atoms with Gasteiger partial charge in [0, 0.05) is 10.8 Å². The quantitative estimate of drug-likeness (QED) is 0.440. The van der Waals surface area contributed by atoms with Gasteiger partial charge in [-0.15, -0.1) is 0 Å². The Hall–Kier alpha value is -3.26. The smallest absolute Gasteiger partial charge is 0.308 e. The van der Waals surface area contributed by atoms with Crippen molar-refractivity contribution in [1.82, 2.24) is 4.57 Å². The Labute approximate surface area is 141 Å². The highest BCUT2D eigenvalue weighted by atomic mass is 19.4. The normalized spacial score (nSPS) is 11.8. The maximum Gasteiger partial charge on any atom is 0.416 e. The van der Waals surface area contributed by atoms with Crippen LogP contribution in [0.25, 0.3) is 27.5 Å². The van der Waals surface area contributed by atoms with Gasteiger partial charge in [-0.3, -0.25) is 0 Å². The molecule has 0 unspecified atom stereocenters. The van der Waals surface area contributed by atoms with Crippen molar-refractivity contribution < 1.29 is 13.2 Å². The molecule has 1 aromatic heterocycles. The average Bonchev–Trinajstić information content (AvgIpc) is 2.94. The summed E-state index contributed by atoms with van der Waals surface area (Å²) in [6.07, 6.45) is -4.40. The molecule has 4 rings (SSSR count). The van der Waals surface area contributed by atoms with Gasteiger partial charge < -0.3 is 4.57 Å². The van der Waals surface area contributed by atoms with Crippen LogP contribution in [-0.2, 0) is 6.18 Å². The Morgan fingerprint density at radius 2 is 1.48 bits per heavy atom. The number of aromatic nitrogens is 1. The zero-order valence-corrected chi connectivity index (χ0v) is 12.9. The molecule has 0 saturated heterocycles. The lowest BCUT2D eigenvalue weighted by Gasteiger charge is -2.10. The van der Waals surface area contributed by atoms with Crippen LogP contribution in [-0.4, -0.2) is 4.57 Å². The summed E-state index contributed by atoms with van der Waals surface area (Å²) in [4.78, 5) is 0. The van der Waals surface area contributed by atoms with Crippen LogP contribution in [0.15, 0.2) is 66.7 Å². The van der Waals surface area contributed by atoms with Gasteiger partial charge in [-0.1, -0.05) is 30.3 Å². The molecule has 2 nitrogen and oxygen atoms in total. The summed E-state index contributed by atoms with van der Waals surface area (Å²) in [7, 11) is 0. The van der Waals surface area contributed by atoms with E-state index in [4.69, 9.17) is 0 Å². The molecule has 122 valence electrons. The van der Waals surface area contributed by atoms with E-state index in [1.54, 1.807) is 36.4 Å². The van der Waals surface area contributed by atoms with Crippen LogP contribution in [0, 0.1) is 11.3 Å². The number of halogens is 3. The third-order valence-electron chi connectivity index (χ3n) is 4.27. The van der Waals surface area contributed by atoms with E-state index in [1.165, 1.54) is 12.1 Å². The fraction of sp³-hybridized carbons (Fsp3) is 0.0500. The van der Waals surface area contributed by atoms with E-state index in [1.807, 2.05) is 16.7 Å². The number of fused-ring (bicyclic) bond motifs is 3. The highest BCUT2D eigenvalue weighted by Crippen LogP contribution is 2.37. The van der Waals surface area contributed by atoms with Crippen molar-refractivity contribution in [2.75, 3.05) is 0 Å². The highest BCUT2D eigenvalue weighted by Gasteiger charge is 2.31. The molecule has 0 radical (unpaired) electrons. The Kier molecular flexibility index (Phi) is 3.29. The first-order valence-electron chi connectivity index (χ1n) is 7.60. The molecule has 0 bridgehead atoms. The van der Waals surface area contributed by atoms with Gasteiger partial charge in [0.25, 0.3) is 0 Å². The van der Waals surface area contributed by atoms with Crippen molar-refractivity contribution in [3.8, 4) is 11.8 Å². The third kappa shape index (κ3) is 2.34. The molecule has 5 heteroatoms. The number of para-hydroxylation sites is 2. The van der Waals surface area contributed by atoms with E-state index in [0.717, 1.165) is 17.0 Å². The topological polar surface area (TPSA) is 28.7 Å². The average molecular weight is 336 g/mol. The molecule has 0 aliphatic heterocycles. The van der Waals surface area contributed by atoms with Crippen molar-refractivity contribution >= 4 is 21.8 Å². The molecule has 3 aromatic carbocycles. The summed E-state index contributed by atoms with van der Waals surface area (Å²) in [5.41, 5.74) is 1.83. The van der Waals surface area contributed by atoms with Crippen molar-refractivity contribution in [2.45, 2.75) is 6.18 Å². The van der Waals surface area contributed by atoms with Crippen LogP contribution in [0.1, 0.15) is 11.1 Å². The van der Waals surface area contributed by atoms with Crippen LogP contribution < -0.4 is 0 Å². The van der Waals surface area contributed by atoms with E-state index < -0.39 is 11.7 Å². The monoisotopic (exact) mass is 336 g/mol. The molecule has 1 heterocycles. The van der Waals surface area contributed by atoms with Crippen molar-refractivity contribution in [3.63, 3.8) is 0 Å². The SMILES string of the molecule is N#Cc1ccccc1-n1c2ccccc2c2cc(C(F)(F)F)ccc21. The fourth-order valence-corrected chi connectivity index (χ4v) is 3.17. The molecular weight excluding hydrogens is 325 g/mol. The predicted octanol–water partition coefficient (Wildman–Crippen LogP) is 5.67. The van der Waals surface area contributed by atoms with Crippen LogP contribution >= 0.6 is 0 Å². The maximum absolute atomic E-state index is 13.1. The minimum Gasteiger partial charge on any atom is -0.308 e. The Morgan fingerprint density at radius 1 is 0.800 bits per heavy atom. The number of alkyl halides is 3.